The van der Waals surface area contributed by atoms with Crippen molar-refractivity contribution in [3.05, 3.63) is 0 Å². The van der Waals surface area contributed by atoms with Crippen molar-refractivity contribution in [3.63, 3.8) is 0 Å². The van der Waals surface area contributed by atoms with Crippen LogP contribution < -0.4 is 0 Å². The summed E-state index contributed by atoms with van der Waals surface area (Å²) in [6, 6.07) is 0. The Morgan fingerprint density at radius 2 is 0.962 bits per heavy atom. The maximum Gasteiger partial charge on any atom is 0.307 e. The lowest BCUT2D eigenvalue weighted by molar-refractivity contribution is -0.141. The van der Waals surface area contributed by atoms with Crippen molar-refractivity contribution in [2.45, 2.75) is 26.1 Å². The number of methoxy groups -OCH3 is 1. The summed E-state index contributed by atoms with van der Waals surface area (Å²) in [5, 5.41) is 0. The van der Waals surface area contributed by atoms with Crippen LogP contribution in [-0.4, -0.2) is 94.1 Å². The van der Waals surface area contributed by atoms with E-state index in [1.54, 1.807) is 0 Å². The SMILES string of the molecule is COC(=O)CCOCCOCCOCCOCCOCCO[Si](C)(C)C. The lowest BCUT2D eigenvalue weighted by Crippen LogP contribution is -2.27. The first kappa shape index (κ1) is 25.4. The summed E-state index contributed by atoms with van der Waals surface area (Å²) in [5.41, 5.74) is 0. The Morgan fingerprint density at radius 3 is 1.31 bits per heavy atom. The zero-order valence-corrected chi connectivity index (χ0v) is 17.8. The maximum atomic E-state index is 10.8. The summed E-state index contributed by atoms with van der Waals surface area (Å²) in [4.78, 5) is 10.8. The van der Waals surface area contributed by atoms with E-state index in [0.29, 0.717) is 72.7 Å². The van der Waals surface area contributed by atoms with E-state index >= 15 is 0 Å². The van der Waals surface area contributed by atoms with Crippen molar-refractivity contribution in [2.75, 3.05) is 79.8 Å². The molecule has 9 heteroatoms. The second-order valence-electron chi connectivity index (χ2n) is 6.35. The van der Waals surface area contributed by atoms with Crippen LogP contribution in [0.3, 0.4) is 0 Å². The third-order valence-corrected chi connectivity index (χ3v) is 4.00. The Kier molecular flexibility index (Phi) is 17.5. The predicted molar refractivity (Wildman–Crippen MR) is 100 cm³/mol. The van der Waals surface area contributed by atoms with Gasteiger partial charge in [0, 0.05) is 0 Å². The summed E-state index contributed by atoms with van der Waals surface area (Å²) in [5.74, 6) is -0.274. The first-order valence-electron chi connectivity index (χ1n) is 9.05. The van der Waals surface area contributed by atoms with E-state index in [-0.39, 0.29) is 12.4 Å². The molecule has 0 atom stereocenters. The fraction of sp³-hybridized carbons (Fsp3) is 0.941. The molecule has 0 rings (SSSR count). The topological polar surface area (TPSA) is 81.7 Å². The first-order valence-corrected chi connectivity index (χ1v) is 12.5. The molecule has 0 radical (unpaired) electrons. The molecule has 0 saturated heterocycles. The van der Waals surface area contributed by atoms with Crippen molar-refractivity contribution < 1.29 is 37.6 Å². The molecule has 0 aliphatic heterocycles. The van der Waals surface area contributed by atoms with E-state index in [9.17, 15) is 4.79 Å². The van der Waals surface area contributed by atoms with Gasteiger partial charge in [-0.3, -0.25) is 4.79 Å². The van der Waals surface area contributed by atoms with Crippen LogP contribution in [0.4, 0.5) is 0 Å². The minimum atomic E-state index is -1.43. The van der Waals surface area contributed by atoms with Gasteiger partial charge in [0.2, 0.25) is 0 Å². The van der Waals surface area contributed by atoms with Crippen LogP contribution in [0.1, 0.15) is 6.42 Å². The Bertz CT molecular complexity index is 322. The molecule has 0 saturated carbocycles. The van der Waals surface area contributed by atoms with Gasteiger partial charge in [0.15, 0.2) is 8.32 Å². The lowest BCUT2D eigenvalue weighted by atomic mass is 10.5. The highest BCUT2D eigenvalue weighted by Crippen LogP contribution is 2.01. The Hall–Kier alpha value is -0.553. The molecule has 0 aliphatic rings. The molecule has 156 valence electrons. The van der Waals surface area contributed by atoms with Crippen molar-refractivity contribution in [1.82, 2.24) is 0 Å². The molecular weight excluding hydrogens is 360 g/mol. The third-order valence-electron chi connectivity index (χ3n) is 2.93. The highest BCUT2D eigenvalue weighted by molar-refractivity contribution is 6.69. The fourth-order valence-electron chi connectivity index (χ4n) is 1.65. The van der Waals surface area contributed by atoms with Crippen LogP contribution in [0.25, 0.3) is 0 Å². The molecule has 0 aromatic rings. The molecule has 0 fully saturated rings. The molecule has 0 heterocycles. The van der Waals surface area contributed by atoms with Crippen LogP contribution in [-0.2, 0) is 37.6 Å². The number of rotatable bonds is 19. The molecule has 0 unspecified atom stereocenters. The Balaban J connectivity index is 3.06. The molecule has 0 amide bonds. The standard InChI is InChI=1S/C17H36O8Si/c1-19-17(18)5-6-20-7-8-21-9-10-22-11-12-23-13-14-24-15-16-25-26(2,3)4/h5-16H2,1-4H3. The molecule has 0 aromatic carbocycles. The smallest absolute Gasteiger partial charge is 0.307 e. The number of esters is 1. The van der Waals surface area contributed by atoms with Gasteiger partial charge in [-0.1, -0.05) is 0 Å². The minimum absolute atomic E-state index is 0.261. The zero-order valence-electron chi connectivity index (χ0n) is 16.8. The monoisotopic (exact) mass is 396 g/mol. The second-order valence-corrected chi connectivity index (χ2v) is 10.9. The van der Waals surface area contributed by atoms with E-state index in [0.717, 1.165) is 0 Å². The third kappa shape index (κ3) is 21.5. The van der Waals surface area contributed by atoms with Crippen molar-refractivity contribution >= 4 is 14.3 Å². The van der Waals surface area contributed by atoms with Gasteiger partial charge in [0.05, 0.1) is 86.2 Å². The average Bonchev–Trinajstić information content (AvgIpc) is 2.59. The lowest BCUT2D eigenvalue weighted by Gasteiger charge is -2.16. The molecule has 0 aromatic heterocycles. The van der Waals surface area contributed by atoms with Crippen LogP contribution in [0, 0.1) is 0 Å². The van der Waals surface area contributed by atoms with Crippen molar-refractivity contribution in [2.24, 2.45) is 0 Å². The maximum absolute atomic E-state index is 10.8. The molecule has 26 heavy (non-hydrogen) atoms. The molecule has 0 bridgehead atoms. The van der Waals surface area contributed by atoms with E-state index in [2.05, 4.69) is 24.4 Å². The van der Waals surface area contributed by atoms with E-state index in [1.165, 1.54) is 7.11 Å². The summed E-state index contributed by atoms with van der Waals surface area (Å²) < 4.78 is 36.9. The van der Waals surface area contributed by atoms with Crippen molar-refractivity contribution in [3.8, 4) is 0 Å². The normalized spacial score (nSPS) is 11.7. The first-order chi connectivity index (χ1) is 12.5. The quantitative estimate of drug-likeness (QED) is 0.184. The fourth-order valence-corrected chi connectivity index (χ4v) is 2.34. The van der Waals surface area contributed by atoms with E-state index < -0.39 is 8.32 Å². The largest absolute Gasteiger partial charge is 0.469 e. The van der Waals surface area contributed by atoms with E-state index in [1.807, 2.05) is 0 Å². The molecule has 0 spiro atoms. The average molecular weight is 397 g/mol. The minimum Gasteiger partial charge on any atom is -0.469 e. The molecule has 0 aliphatic carbocycles. The van der Waals surface area contributed by atoms with Crippen LogP contribution in [0.5, 0.6) is 0 Å². The summed E-state index contributed by atoms with van der Waals surface area (Å²) in [7, 11) is -0.0765. The predicted octanol–water partition coefficient (Wildman–Crippen LogP) is 1.48. The van der Waals surface area contributed by atoms with Gasteiger partial charge < -0.3 is 32.8 Å². The Morgan fingerprint density at radius 1 is 0.615 bits per heavy atom. The number of ether oxygens (including phenoxy) is 6. The van der Waals surface area contributed by atoms with Gasteiger partial charge in [-0.25, -0.2) is 0 Å². The summed E-state index contributed by atoms with van der Waals surface area (Å²) >= 11 is 0. The van der Waals surface area contributed by atoms with Crippen molar-refractivity contribution in [1.29, 1.82) is 0 Å². The van der Waals surface area contributed by atoms with Gasteiger partial charge in [-0.05, 0) is 19.6 Å². The van der Waals surface area contributed by atoms with Gasteiger partial charge >= 0.3 is 5.97 Å². The van der Waals surface area contributed by atoms with E-state index in [4.69, 9.17) is 28.1 Å². The van der Waals surface area contributed by atoms with Crippen LogP contribution in [0.2, 0.25) is 19.6 Å². The summed E-state index contributed by atoms with van der Waals surface area (Å²) in [6.07, 6.45) is 0.261. The van der Waals surface area contributed by atoms with Gasteiger partial charge in [-0.2, -0.15) is 0 Å². The molecular formula is C17H36O8Si. The Labute approximate surface area is 158 Å². The van der Waals surface area contributed by atoms with Crippen LogP contribution in [0.15, 0.2) is 0 Å². The highest BCUT2D eigenvalue weighted by atomic mass is 28.4. The number of carbonyl (C=O) groups is 1. The van der Waals surface area contributed by atoms with Crippen LogP contribution >= 0.6 is 0 Å². The van der Waals surface area contributed by atoms with Gasteiger partial charge in [0.25, 0.3) is 0 Å². The van der Waals surface area contributed by atoms with Gasteiger partial charge in [0.1, 0.15) is 0 Å². The molecule has 0 N–H and O–H groups in total. The second kappa shape index (κ2) is 17.8. The van der Waals surface area contributed by atoms with Gasteiger partial charge in [-0.15, -0.1) is 0 Å². The number of carbonyl (C=O) groups excluding carboxylic acids is 1. The summed E-state index contributed by atoms with van der Waals surface area (Å²) in [6.45, 7) is 12.2. The zero-order chi connectivity index (χ0) is 19.5. The highest BCUT2D eigenvalue weighted by Gasteiger charge is 2.12. The molecule has 8 nitrogen and oxygen atoms in total. The number of hydrogen-bond acceptors (Lipinski definition) is 8. The number of hydrogen-bond donors (Lipinski definition) is 0.